The van der Waals surface area contributed by atoms with Crippen LogP contribution in [0.5, 0.6) is 0 Å². The number of allylic oxidation sites excluding steroid dienone is 6. The van der Waals surface area contributed by atoms with Crippen molar-refractivity contribution in [1.29, 1.82) is 0 Å². The number of piperidine rings is 1. The first-order valence-corrected chi connectivity index (χ1v) is 27.1. The molecule has 16 heteroatoms. The number of rotatable bonds is 8. The summed E-state index contributed by atoms with van der Waals surface area (Å²) in [5.41, 5.74) is 1.23. The summed E-state index contributed by atoms with van der Waals surface area (Å²) in [4.78, 5) is 58.2. The third kappa shape index (κ3) is 15.9. The Morgan fingerprint density at radius 3 is 2.22 bits per heavy atom. The van der Waals surface area contributed by atoms with E-state index in [0.717, 1.165) is 6.42 Å². The van der Waals surface area contributed by atoms with Crippen LogP contribution in [-0.4, -0.2) is 133 Å². The molecule has 15 atom stereocenters. The van der Waals surface area contributed by atoms with Gasteiger partial charge in [-0.25, -0.2) is 17.9 Å². The number of ether oxygens (including phenoxy) is 4. The number of methoxy groups -OCH3 is 2. The fourth-order valence-corrected chi connectivity index (χ4v) is 11.5. The maximum Gasteiger partial charge on any atom is 0.329 e. The number of carbonyl (C=O) groups is 4. The number of nitrogens with one attached hydrogen (secondary N) is 1. The molecule has 3 aliphatic heterocycles. The predicted octanol–water partition coefficient (Wildman–Crippen LogP) is 6.68. The van der Waals surface area contributed by atoms with Crippen LogP contribution in [0.25, 0.3) is 0 Å². The number of ketones is 2. The lowest BCUT2D eigenvalue weighted by molar-refractivity contribution is -0.264. The third-order valence-electron chi connectivity index (χ3n) is 15.2. The molecule has 0 aromatic rings. The number of hydrogen-bond acceptors (Lipinski definition) is 13. The summed E-state index contributed by atoms with van der Waals surface area (Å²) in [6, 6.07) is -1.87. The van der Waals surface area contributed by atoms with E-state index >= 15 is 0 Å². The van der Waals surface area contributed by atoms with Crippen LogP contribution in [0.2, 0.25) is 0 Å². The number of carbonyl (C=O) groups excluding carboxylic acids is 4. The van der Waals surface area contributed by atoms with Gasteiger partial charge in [0.25, 0.3) is 11.7 Å². The molecule has 69 heavy (non-hydrogen) atoms. The van der Waals surface area contributed by atoms with Crippen molar-refractivity contribution in [3.05, 3.63) is 47.6 Å². The van der Waals surface area contributed by atoms with Gasteiger partial charge in [0.05, 0.1) is 23.6 Å². The first-order valence-electron chi connectivity index (χ1n) is 25.6. The van der Waals surface area contributed by atoms with Gasteiger partial charge in [-0.2, -0.15) is 0 Å². The van der Waals surface area contributed by atoms with E-state index in [1.54, 1.807) is 53.9 Å². The number of esters is 1. The molecule has 392 valence electrons. The van der Waals surface area contributed by atoms with Gasteiger partial charge in [-0.1, -0.05) is 76.6 Å². The minimum atomic E-state index is -3.79. The van der Waals surface area contributed by atoms with Crippen LogP contribution in [0.3, 0.4) is 0 Å². The van der Waals surface area contributed by atoms with Crippen LogP contribution >= 0.6 is 0 Å². The number of aliphatic hydroxyl groups excluding tert-OH is 2. The maximum atomic E-state index is 14.5. The molecule has 15 nitrogen and oxygen atoms in total. The van der Waals surface area contributed by atoms with E-state index < -0.39 is 93.2 Å². The molecule has 0 radical (unpaired) electrons. The first-order chi connectivity index (χ1) is 32.4. The number of nitrogens with zero attached hydrogens (tertiary/aromatic N) is 1. The van der Waals surface area contributed by atoms with Crippen LogP contribution in [0.1, 0.15) is 146 Å². The summed E-state index contributed by atoms with van der Waals surface area (Å²) in [7, 11) is -0.780. The van der Waals surface area contributed by atoms with Crippen molar-refractivity contribution >= 4 is 33.5 Å². The van der Waals surface area contributed by atoms with E-state index in [1.165, 1.54) is 12.0 Å². The van der Waals surface area contributed by atoms with E-state index in [9.17, 15) is 42.9 Å². The SMILES string of the molecule is CO[C@@H]1C[C@H](C[C@@H](C)[C@@H]2CC[C@H](C)/C=C(\C)[C@@H](O)[C@@H](OC)C(=O)[C@H](C)C[C@H](C)/C=C/C=C/C=C(\C)[C@H](NS(=O)(=O)C(C)C)C[C@@H]3CC[C@@H](C)[C@@](O)(O3)C(=O)C(=O)N3CCCC[C@H]3C(=O)O2)CC[C@H]1O. The van der Waals surface area contributed by atoms with Gasteiger partial charge in [0, 0.05) is 38.6 Å². The van der Waals surface area contributed by atoms with Crippen molar-refractivity contribution in [2.24, 2.45) is 35.5 Å². The highest BCUT2D eigenvalue weighted by Gasteiger charge is 2.53. The molecule has 4 N–H and O–H groups in total. The molecule has 2 saturated heterocycles. The Hall–Kier alpha value is -3.09. The van der Waals surface area contributed by atoms with Crippen molar-refractivity contribution < 1.29 is 61.9 Å². The van der Waals surface area contributed by atoms with E-state index in [1.807, 2.05) is 52.0 Å². The summed E-state index contributed by atoms with van der Waals surface area (Å²) in [6.07, 6.45) is 13.0. The largest absolute Gasteiger partial charge is 0.461 e. The van der Waals surface area contributed by atoms with Crippen molar-refractivity contribution in [2.45, 2.75) is 206 Å². The van der Waals surface area contributed by atoms with Gasteiger partial charge in [-0.3, -0.25) is 14.4 Å². The molecule has 0 aromatic heterocycles. The predicted molar refractivity (Wildman–Crippen MR) is 265 cm³/mol. The number of fused-ring (bicyclic) bond motifs is 3. The lowest BCUT2D eigenvalue weighted by Gasteiger charge is -2.43. The van der Waals surface area contributed by atoms with Crippen molar-refractivity contribution in [2.75, 3.05) is 20.8 Å². The van der Waals surface area contributed by atoms with E-state index in [4.69, 9.17) is 18.9 Å². The van der Waals surface area contributed by atoms with Gasteiger partial charge in [-0.05, 0) is 140 Å². The number of cyclic esters (lactones) is 1. The molecule has 3 heterocycles. The lowest BCUT2D eigenvalue weighted by Crippen LogP contribution is -2.61. The number of aliphatic hydroxyl groups is 3. The Balaban J connectivity index is 1.72. The van der Waals surface area contributed by atoms with Crippen LogP contribution in [0.4, 0.5) is 0 Å². The number of sulfonamides is 1. The highest BCUT2D eigenvalue weighted by Crippen LogP contribution is 2.38. The van der Waals surface area contributed by atoms with Gasteiger partial charge in [-0.15, -0.1) is 0 Å². The minimum absolute atomic E-state index is 0.0119. The lowest BCUT2D eigenvalue weighted by atomic mass is 9.78. The normalized spacial score (nSPS) is 39.1. The number of Topliss-reactive ketones (excluding diaryl/α,β-unsaturated/α-hetero) is 2. The van der Waals surface area contributed by atoms with E-state index in [2.05, 4.69) is 4.72 Å². The van der Waals surface area contributed by atoms with Gasteiger partial charge in [0.1, 0.15) is 24.4 Å². The Bertz CT molecular complexity index is 1970. The topological polar surface area (TPSA) is 215 Å². The summed E-state index contributed by atoms with van der Waals surface area (Å²) in [5.74, 6) is -6.86. The highest BCUT2D eigenvalue weighted by atomic mass is 32.2. The molecular weight excluding hydrogens is 905 g/mol. The molecule has 0 spiro atoms. The van der Waals surface area contributed by atoms with Crippen LogP contribution in [0, 0.1) is 35.5 Å². The second-order valence-electron chi connectivity index (χ2n) is 21.2. The summed E-state index contributed by atoms with van der Waals surface area (Å²) < 4.78 is 53.2. The van der Waals surface area contributed by atoms with E-state index in [0.29, 0.717) is 75.4 Å². The molecule has 3 fully saturated rings. The molecule has 0 aromatic carbocycles. The standard InChI is InChI=1S/C53H86N2O13S/c1-32(2)69(63,64)54-42-31-41-23-21-39(9)53(62,68-41)50(59)51(60)55-26-16-15-19-43(55)52(61)67-45(36(6)29-40-22-24-44(56)46(30-40)65-10)25-20-34(4)28-38(8)48(58)49(66-11)47(57)37(7)27-33(3)17-13-12-14-18-35(42)5/h12-14,17-18,28,32-34,36-37,39-46,48-49,54,56,58,62H,15-16,19-27,29-31H2,1-11H3/b14-12+,17-13+,35-18+,38-28+/t33-,34+,36-,37-,39-,40+,41+,42-,43+,44-,45+,46-,48-,49+,53-/m1/s1. The zero-order valence-corrected chi connectivity index (χ0v) is 44.1. The van der Waals surface area contributed by atoms with Crippen molar-refractivity contribution in [3.8, 4) is 0 Å². The average molecular weight is 991 g/mol. The minimum Gasteiger partial charge on any atom is -0.461 e. The van der Waals surface area contributed by atoms with E-state index in [-0.39, 0.29) is 54.9 Å². The summed E-state index contributed by atoms with van der Waals surface area (Å²) >= 11 is 0. The second-order valence-corrected chi connectivity index (χ2v) is 23.5. The summed E-state index contributed by atoms with van der Waals surface area (Å²) in [5, 5.41) is 33.4. The fourth-order valence-electron chi connectivity index (χ4n) is 10.5. The van der Waals surface area contributed by atoms with Crippen molar-refractivity contribution in [3.63, 3.8) is 0 Å². The maximum absolute atomic E-state index is 14.5. The molecule has 1 aliphatic carbocycles. The van der Waals surface area contributed by atoms with Gasteiger partial charge in [0.15, 0.2) is 5.78 Å². The highest BCUT2D eigenvalue weighted by molar-refractivity contribution is 7.90. The second kappa shape index (κ2) is 26.6. The Morgan fingerprint density at radius 1 is 0.841 bits per heavy atom. The zero-order chi connectivity index (χ0) is 51.4. The third-order valence-corrected chi connectivity index (χ3v) is 17.1. The molecule has 0 unspecified atom stereocenters. The molecule has 2 bridgehead atoms. The monoisotopic (exact) mass is 991 g/mol. The first kappa shape index (κ1) is 58.5. The molecular formula is C53H86N2O13S. The zero-order valence-electron chi connectivity index (χ0n) is 43.3. The smallest absolute Gasteiger partial charge is 0.329 e. The van der Waals surface area contributed by atoms with Crippen LogP contribution in [-0.2, 0) is 48.1 Å². The van der Waals surface area contributed by atoms with Gasteiger partial charge in [0.2, 0.25) is 15.8 Å². The molecule has 1 saturated carbocycles. The van der Waals surface area contributed by atoms with Crippen LogP contribution in [0.15, 0.2) is 47.6 Å². The quantitative estimate of drug-likeness (QED) is 0.114. The summed E-state index contributed by atoms with van der Waals surface area (Å²) in [6.45, 7) is 16.3. The van der Waals surface area contributed by atoms with Gasteiger partial charge < -0.3 is 39.2 Å². The Labute approximate surface area is 412 Å². The molecule has 4 rings (SSSR count). The van der Waals surface area contributed by atoms with Gasteiger partial charge >= 0.3 is 5.97 Å². The van der Waals surface area contributed by atoms with Crippen LogP contribution < -0.4 is 4.72 Å². The Kier molecular flexibility index (Phi) is 22.5. The number of amides is 1. The van der Waals surface area contributed by atoms with Crippen molar-refractivity contribution in [1.82, 2.24) is 9.62 Å². The molecule has 1 amide bonds. The fraction of sp³-hybridized carbons (Fsp3) is 0.774. The number of hydrogen-bond donors (Lipinski definition) is 4. The Morgan fingerprint density at radius 2 is 1.55 bits per heavy atom. The molecule has 4 aliphatic rings. The average Bonchev–Trinajstić information content (AvgIpc) is 3.30.